The van der Waals surface area contributed by atoms with E-state index < -0.39 is 10.0 Å². The van der Waals surface area contributed by atoms with Gasteiger partial charge < -0.3 is 4.74 Å². The van der Waals surface area contributed by atoms with Crippen LogP contribution in [0, 0.1) is 17.2 Å². The van der Waals surface area contributed by atoms with Gasteiger partial charge in [-0.3, -0.25) is 0 Å². The molecule has 1 saturated heterocycles. The summed E-state index contributed by atoms with van der Waals surface area (Å²) < 4.78 is 31.6. The third-order valence-corrected chi connectivity index (χ3v) is 5.47. The van der Waals surface area contributed by atoms with Crippen molar-refractivity contribution in [2.24, 2.45) is 5.92 Å². The first-order valence-corrected chi connectivity index (χ1v) is 8.01. The second-order valence-electron chi connectivity index (χ2n) is 4.94. The molecule has 0 aliphatic carbocycles. The number of rotatable bonds is 4. The van der Waals surface area contributed by atoms with Crippen molar-refractivity contribution in [3.05, 3.63) is 29.8 Å². The van der Waals surface area contributed by atoms with E-state index in [0.717, 1.165) is 12.8 Å². The van der Waals surface area contributed by atoms with Crippen LogP contribution >= 0.6 is 0 Å². The van der Waals surface area contributed by atoms with E-state index in [4.69, 9.17) is 10.00 Å². The molecule has 0 spiro atoms. The van der Waals surface area contributed by atoms with Gasteiger partial charge in [-0.1, -0.05) is 6.07 Å². The van der Waals surface area contributed by atoms with Crippen molar-refractivity contribution >= 4 is 10.0 Å². The van der Waals surface area contributed by atoms with Crippen LogP contribution in [-0.4, -0.2) is 39.5 Å². The Morgan fingerprint density at radius 3 is 2.70 bits per heavy atom. The molecule has 6 heteroatoms. The van der Waals surface area contributed by atoms with Crippen LogP contribution in [0.15, 0.2) is 29.2 Å². The Bertz CT molecular complexity index is 599. The van der Waals surface area contributed by atoms with E-state index in [9.17, 15) is 8.42 Å². The smallest absolute Gasteiger partial charge is 0.243 e. The Morgan fingerprint density at radius 1 is 1.40 bits per heavy atom. The van der Waals surface area contributed by atoms with Gasteiger partial charge in [0.25, 0.3) is 0 Å². The van der Waals surface area contributed by atoms with Crippen LogP contribution in [0.5, 0.6) is 0 Å². The molecule has 0 bridgehead atoms. The minimum Gasteiger partial charge on any atom is -0.384 e. The maximum Gasteiger partial charge on any atom is 0.243 e. The lowest BCUT2D eigenvalue weighted by Gasteiger charge is -2.30. The average Bonchev–Trinajstić information content (AvgIpc) is 2.48. The molecule has 2 rings (SSSR count). The number of hydrogen-bond donors (Lipinski definition) is 0. The number of benzene rings is 1. The monoisotopic (exact) mass is 294 g/mol. The van der Waals surface area contributed by atoms with Crippen LogP contribution < -0.4 is 0 Å². The van der Waals surface area contributed by atoms with E-state index in [0.29, 0.717) is 31.2 Å². The van der Waals surface area contributed by atoms with Crippen LogP contribution in [0.3, 0.4) is 0 Å². The molecule has 1 fully saturated rings. The van der Waals surface area contributed by atoms with E-state index in [1.54, 1.807) is 19.2 Å². The van der Waals surface area contributed by atoms with Crippen LogP contribution in [0.4, 0.5) is 0 Å². The molecule has 1 heterocycles. The predicted molar refractivity (Wildman–Crippen MR) is 74.5 cm³/mol. The number of piperidine rings is 1. The first kappa shape index (κ1) is 15.0. The van der Waals surface area contributed by atoms with Gasteiger partial charge in [-0.15, -0.1) is 0 Å². The molecule has 20 heavy (non-hydrogen) atoms. The van der Waals surface area contributed by atoms with Crippen LogP contribution in [0.1, 0.15) is 18.4 Å². The minimum absolute atomic E-state index is 0.196. The van der Waals surface area contributed by atoms with Gasteiger partial charge in [0.05, 0.1) is 16.5 Å². The average molecular weight is 294 g/mol. The lowest BCUT2D eigenvalue weighted by Crippen LogP contribution is -2.39. The molecule has 1 aromatic rings. The Balaban J connectivity index is 2.13. The lowest BCUT2D eigenvalue weighted by molar-refractivity contribution is 0.121. The summed E-state index contributed by atoms with van der Waals surface area (Å²) in [6, 6.07) is 8.13. The Hall–Kier alpha value is -1.42. The second-order valence-corrected chi connectivity index (χ2v) is 6.88. The van der Waals surface area contributed by atoms with Gasteiger partial charge in [-0.2, -0.15) is 9.57 Å². The van der Waals surface area contributed by atoms with Gasteiger partial charge in [0.15, 0.2) is 0 Å². The number of methoxy groups -OCH3 is 1. The molecule has 0 radical (unpaired) electrons. The largest absolute Gasteiger partial charge is 0.384 e. The molecule has 0 saturated carbocycles. The van der Waals surface area contributed by atoms with E-state index in [1.807, 2.05) is 6.07 Å². The molecule has 0 atom stereocenters. The number of nitrogens with zero attached hydrogens (tertiary/aromatic N) is 2. The quantitative estimate of drug-likeness (QED) is 0.846. The topological polar surface area (TPSA) is 70.4 Å². The summed E-state index contributed by atoms with van der Waals surface area (Å²) in [5, 5.41) is 8.86. The first-order chi connectivity index (χ1) is 9.57. The number of nitriles is 1. The lowest BCUT2D eigenvalue weighted by atomic mass is 9.99. The second kappa shape index (κ2) is 6.35. The van der Waals surface area contributed by atoms with Crippen LogP contribution in [0.25, 0.3) is 0 Å². The van der Waals surface area contributed by atoms with Crippen molar-refractivity contribution in [1.82, 2.24) is 4.31 Å². The molecule has 108 valence electrons. The molecule has 1 aliphatic rings. The van der Waals surface area contributed by atoms with E-state index in [1.165, 1.54) is 16.4 Å². The van der Waals surface area contributed by atoms with Gasteiger partial charge in [0, 0.05) is 26.8 Å². The first-order valence-electron chi connectivity index (χ1n) is 6.57. The fourth-order valence-corrected chi connectivity index (χ4v) is 3.94. The SMILES string of the molecule is COCC1CCN(S(=O)(=O)c2cccc(C#N)c2)CC1. The Kier molecular flexibility index (Phi) is 4.76. The third kappa shape index (κ3) is 3.18. The summed E-state index contributed by atoms with van der Waals surface area (Å²) in [4.78, 5) is 0.196. The van der Waals surface area contributed by atoms with Crippen molar-refractivity contribution in [2.45, 2.75) is 17.7 Å². The predicted octanol–water partition coefficient (Wildman–Crippen LogP) is 1.61. The summed E-state index contributed by atoms with van der Waals surface area (Å²) >= 11 is 0. The zero-order chi connectivity index (χ0) is 14.6. The Labute approximate surface area is 119 Å². The van der Waals surface area contributed by atoms with Crippen molar-refractivity contribution < 1.29 is 13.2 Å². The fraction of sp³-hybridized carbons (Fsp3) is 0.500. The van der Waals surface area contributed by atoms with E-state index in [-0.39, 0.29) is 4.90 Å². The van der Waals surface area contributed by atoms with Crippen LogP contribution in [-0.2, 0) is 14.8 Å². The molecule has 1 aromatic carbocycles. The zero-order valence-corrected chi connectivity index (χ0v) is 12.3. The van der Waals surface area contributed by atoms with E-state index >= 15 is 0 Å². The van der Waals surface area contributed by atoms with Crippen molar-refractivity contribution in [3.63, 3.8) is 0 Å². The maximum atomic E-state index is 12.5. The summed E-state index contributed by atoms with van der Waals surface area (Å²) in [5.41, 5.74) is 0.361. The summed E-state index contributed by atoms with van der Waals surface area (Å²) in [6.45, 7) is 1.69. The van der Waals surface area contributed by atoms with Gasteiger partial charge in [0.1, 0.15) is 0 Å². The molecule has 0 N–H and O–H groups in total. The number of hydrogen-bond acceptors (Lipinski definition) is 4. The molecule has 5 nitrogen and oxygen atoms in total. The number of sulfonamides is 1. The van der Waals surface area contributed by atoms with Gasteiger partial charge in [-0.05, 0) is 37.0 Å². The molecular formula is C14H18N2O3S. The standard InChI is InChI=1S/C14H18N2O3S/c1-19-11-12-5-7-16(8-6-12)20(17,18)14-4-2-3-13(9-14)10-15/h2-4,9,12H,5-8,11H2,1H3. The van der Waals surface area contributed by atoms with Gasteiger partial charge >= 0.3 is 0 Å². The van der Waals surface area contributed by atoms with Crippen LogP contribution in [0.2, 0.25) is 0 Å². The normalized spacial score (nSPS) is 17.8. The zero-order valence-electron chi connectivity index (χ0n) is 11.4. The molecule has 1 aliphatic heterocycles. The highest BCUT2D eigenvalue weighted by Gasteiger charge is 2.29. The third-order valence-electron chi connectivity index (χ3n) is 3.58. The van der Waals surface area contributed by atoms with Crippen molar-refractivity contribution in [1.29, 1.82) is 5.26 Å². The summed E-state index contributed by atoms with van der Waals surface area (Å²) in [6.07, 6.45) is 1.62. The summed E-state index contributed by atoms with van der Waals surface area (Å²) in [7, 11) is -1.83. The Morgan fingerprint density at radius 2 is 2.10 bits per heavy atom. The number of ether oxygens (including phenoxy) is 1. The molecular weight excluding hydrogens is 276 g/mol. The fourth-order valence-electron chi connectivity index (χ4n) is 2.43. The van der Waals surface area contributed by atoms with Crippen molar-refractivity contribution in [2.75, 3.05) is 26.8 Å². The molecule has 0 amide bonds. The van der Waals surface area contributed by atoms with Gasteiger partial charge in [0.2, 0.25) is 10.0 Å². The summed E-state index contributed by atoms with van der Waals surface area (Å²) in [5.74, 6) is 0.428. The van der Waals surface area contributed by atoms with E-state index in [2.05, 4.69) is 0 Å². The highest BCUT2D eigenvalue weighted by Crippen LogP contribution is 2.24. The minimum atomic E-state index is -3.49. The van der Waals surface area contributed by atoms with Gasteiger partial charge in [-0.25, -0.2) is 8.42 Å². The maximum absolute atomic E-state index is 12.5. The molecule has 0 unspecified atom stereocenters. The highest BCUT2D eigenvalue weighted by molar-refractivity contribution is 7.89. The molecule has 0 aromatic heterocycles. The van der Waals surface area contributed by atoms with Crippen molar-refractivity contribution in [3.8, 4) is 6.07 Å². The highest BCUT2D eigenvalue weighted by atomic mass is 32.2.